The summed E-state index contributed by atoms with van der Waals surface area (Å²) in [7, 11) is 0. The van der Waals surface area contributed by atoms with Gasteiger partial charge in [-0.15, -0.1) is 0 Å². The fraction of sp³-hybridized carbons (Fsp3) is 0. The van der Waals surface area contributed by atoms with E-state index in [2.05, 4.69) is 16.8 Å². The molecule has 1 aromatic carbocycles. The van der Waals surface area contributed by atoms with Gasteiger partial charge in [0.2, 0.25) is 0 Å². The summed E-state index contributed by atoms with van der Waals surface area (Å²) in [6.07, 6.45) is 3.47. The number of rotatable bonds is 0. The molecule has 1 heterocycles. The normalized spacial score (nSPS) is 9.07. The van der Waals surface area contributed by atoms with Crippen molar-refractivity contribution in [3.05, 3.63) is 59.9 Å². The number of pyridine rings is 1. The van der Waals surface area contributed by atoms with Crippen molar-refractivity contribution in [2.45, 2.75) is 0 Å². The van der Waals surface area contributed by atoms with Crippen LogP contribution in [0.5, 0.6) is 0 Å². The Labute approximate surface area is 88.8 Å². The lowest BCUT2D eigenvalue weighted by Crippen LogP contribution is -1.83. The lowest BCUT2D eigenvalue weighted by molar-refractivity contribution is 1.31. The molecule has 0 aliphatic carbocycles. The molecule has 0 saturated carbocycles. The van der Waals surface area contributed by atoms with Crippen LogP contribution in [0.2, 0.25) is 0 Å². The maximum atomic E-state index is 5.58. The van der Waals surface area contributed by atoms with Crippen LogP contribution in [-0.4, -0.2) is 4.98 Å². The van der Waals surface area contributed by atoms with Gasteiger partial charge in [0.05, 0.1) is 0 Å². The molecule has 0 aliphatic rings. The molecule has 1 aromatic heterocycles. The largest absolute Gasteiger partial charge is 0.399 e. The van der Waals surface area contributed by atoms with E-state index in [1.54, 1.807) is 12.4 Å². The van der Waals surface area contributed by atoms with Crippen LogP contribution in [0.1, 0.15) is 11.1 Å². The highest BCUT2D eigenvalue weighted by atomic mass is 14.6. The van der Waals surface area contributed by atoms with Crippen molar-refractivity contribution in [2.75, 3.05) is 5.73 Å². The van der Waals surface area contributed by atoms with Gasteiger partial charge >= 0.3 is 0 Å². The lowest BCUT2D eigenvalue weighted by atomic mass is 10.2. The van der Waals surface area contributed by atoms with Crippen LogP contribution in [0.25, 0.3) is 0 Å². The minimum Gasteiger partial charge on any atom is -0.399 e. The third kappa shape index (κ3) is 2.58. The quantitative estimate of drug-likeness (QED) is 0.515. The summed E-state index contributed by atoms with van der Waals surface area (Å²) in [5, 5.41) is 0. The maximum absolute atomic E-state index is 5.58. The third-order valence-corrected chi connectivity index (χ3v) is 1.92. The monoisotopic (exact) mass is 194 g/mol. The Morgan fingerprint density at radius 3 is 2.33 bits per heavy atom. The predicted molar refractivity (Wildman–Crippen MR) is 61.1 cm³/mol. The molecule has 2 aromatic rings. The first-order valence-electron chi connectivity index (χ1n) is 4.62. The molecule has 0 saturated heterocycles. The van der Waals surface area contributed by atoms with E-state index in [1.165, 1.54) is 0 Å². The van der Waals surface area contributed by atoms with Crippen molar-refractivity contribution in [3.63, 3.8) is 0 Å². The summed E-state index contributed by atoms with van der Waals surface area (Å²) >= 11 is 0. The number of hydrogen-bond donors (Lipinski definition) is 1. The first kappa shape index (κ1) is 9.29. The van der Waals surface area contributed by atoms with Gasteiger partial charge in [0.15, 0.2) is 0 Å². The van der Waals surface area contributed by atoms with Crippen LogP contribution >= 0.6 is 0 Å². The average molecular weight is 194 g/mol. The molecule has 15 heavy (non-hydrogen) atoms. The molecule has 2 nitrogen and oxygen atoms in total. The van der Waals surface area contributed by atoms with Gasteiger partial charge in [-0.3, -0.25) is 4.98 Å². The van der Waals surface area contributed by atoms with Crippen LogP contribution in [0.15, 0.2) is 48.8 Å². The van der Waals surface area contributed by atoms with Crippen LogP contribution in [0.4, 0.5) is 5.69 Å². The van der Waals surface area contributed by atoms with Crippen molar-refractivity contribution in [1.82, 2.24) is 4.98 Å². The first-order chi connectivity index (χ1) is 7.34. The van der Waals surface area contributed by atoms with Crippen molar-refractivity contribution in [1.29, 1.82) is 0 Å². The van der Waals surface area contributed by atoms with E-state index in [1.807, 2.05) is 36.4 Å². The highest BCUT2D eigenvalue weighted by Crippen LogP contribution is 2.04. The second-order valence-corrected chi connectivity index (χ2v) is 3.11. The third-order valence-electron chi connectivity index (χ3n) is 1.92. The molecule has 0 spiro atoms. The molecule has 0 radical (unpaired) electrons. The maximum Gasteiger partial charge on any atom is 0.0432 e. The smallest absolute Gasteiger partial charge is 0.0432 e. The lowest BCUT2D eigenvalue weighted by Gasteiger charge is -1.91. The summed E-state index contributed by atoms with van der Waals surface area (Å²) in [4.78, 5) is 3.99. The van der Waals surface area contributed by atoms with E-state index >= 15 is 0 Å². The van der Waals surface area contributed by atoms with Gasteiger partial charge in [0.1, 0.15) is 0 Å². The Morgan fingerprint density at radius 1 is 0.933 bits per heavy atom. The molecule has 2 heteroatoms. The molecule has 0 atom stereocenters. The van der Waals surface area contributed by atoms with Gasteiger partial charge in [0.25, 0.3) is 0 Å². The Balaban J connectivity index is 2.22. The first-order valence-corrected chi connectivity index (χ1v) is 4.62. The van der Waals surface area contributed by atoms with Crippen molar-refractivity contribution >= 4 is 5.69 Å². The number of hydrogen-bond acceptors (Lipinski definition) is 2. The molecule has 0 amide bonds. The number of benzene rings is 1. The minimum atomic E-state index is 0.752. The molecular weight excluding hydrogens is 184 g/mol. The number of nitrogen functional groups attached to an aromatic ring is 1. The molecule has 72 valence electrons. The standard InChI is InChI=1S/C13H10N2/c14-13-7-5-11(6-8-13)3-4-12-2-1-9-15-10-12/h1-2,5-10H,14H2. The molecule has 0 fully saturated rings. The van der Waals surface area contributed by atoms with Gasteiger partial charge < -0.3 is 5.73 Å². The summed E-state index contributed by atoms with van der Waals surface area (Å²) in [6, 6.07) is 11.3. The van der Waals surface area contributed by atoms with Crippen LogP contribution in [-0.2, 0) is 0 Å². The number of nitrogens with two attached hydrogens (primary N) is 1. The highest BCUT2D eigenvalue weighted by molar-refractivity contribution is 5.47. The number of nitrogens with zero attached hydrogens (tertiary/aromatic N) is 1. The Bertz CT molecular complexity index is 490. The molecule has 0 unspecified atom stereocenters. The van der Waals surface area contributed by atoms with E-state index in [0.717, 1.165) is 16.8 Å². The molecule has 0 bridgehead atoms. The summed E-state index contributed by atoms with van der Waals surface area (Å²) in [5.74, 6) is 6.07. The summed E-state index contributed by atoms with van der Waals surface area (Å²) < 4.78 is 0. The molecule has 2 rings (SSSR count). The topological polar surface area (TPSA) is 38.9 Å². The van der Waals surface area contributed by atoms with E-state index in [0.29, 0.717) is 0 Å². The second kappa shape index (κ2) is 4.30. The van der Waals surface area contributed by atoms with E-state index < -0.39 is 0 Å². The Hall–Kier alpha value is -2.27. The van der Waals surface area contributed by atoms with Crippen molar-refractivity contribution in [3.8, 4) is 11.8 Å². The zero-order chi connectivity index (χ0) is 10.5. The summed E-state index contributed by atoms with van der Waals surface area (Å²) in [5.41, 5.74) is 8.19. The van der Waals surface area contributed by atoms with E-state index in [4.69, 9.17) is 5.73 Å². The number of anilines is 1. The zero-order valence-electron chi connectivity index (χ0n) is 8.14. The summed E-state index contributed by atoms with van der Waals surface area (Å²) in [6.45, 7) is 0. The number of aromatic nitrogens is 1. The van der Waals surface area contributed by atoms with Gasteiger partial charge in [-0.1, -0.05) is 11.8 Å². The Kier molecular flexibility index (Phi) is 2.66. The highest BCUT2D eigenvalue weighted by Gasteiger charge is 1.87. The second-order valence-electron chi connectivity index (χ2n) is 3.11. The SMILES string of the molecule is Nc1ccc(C#Cc2cccnc2)cc1. The zero-order valence-corrected chi connectivity index (χ0v) is 8.14. The van der Waals surface area contributed by atoms with Crippen LogP contribution in [0, 0.1) is 11.8 Å². The van der Waals surface area contributed by atoms with Gasteiger partial charge in [-0.05, 0) is 36.4 Å². The van der Waals surface area contributed by atoms with E-state index in [9.17, 15) is 0 Å². The fourth-order valence-electron chi connectivity index (χ4n) is 1.15. The molecular formula is C13H10N2. The average Bonchev–Trinajstić information content (AvgIpc) is 2.30. The van der Waals surface area contributed by atoms with Crippen LogP contribution < -0.4 is 5.73 Å². The van der Waals surface area contributed by atoms with Gasteiger partial charge in [-0.25, -0.2) is 0 Å². The molecule has 2 N–H and O–H groups in total. The van der Waals surface area contributed by atoms with Gasteiger partial charge in [-0.2, -0.15) is 0 Å². The molecule has 0 aliphatic heterocycles. The van der Waals surface area contributed by atoms with Crippen molar-refractivity contribution in [2.24, 2.45) is 0 Å². The van der Waals surface area contributed by atoms with Crippen LogP contribution in [0.3, 0.4) is 0 Å². The van der Waals surface area contributed by atoms with E-state index in [-0.39, 0.29) is 0 Å². The van der Waals surface area contributed by atoms with Crippen molar-refractivity contribution < 1.29 is 0 Å². The minimum absolute atomic E-state index is 0.752. The predicted octanol–water partition coefficient (Wildman–Crippen LogP) is 2.06. The fourth-order valence-corrected chi connectivity index (χ4v) is 1.15. The Morgan fingerprint density at radius 2 is 1.67 bits per heavy atom. The van der Waals surface area contributed by atoms with Gasteiger partial charge in [0, 0.05) is 29.2 Å².